The number of benzene rings is 1. The lowest BCUT2D eigenvalue weighted by atomic mass is 9.90. The molecular weight excluding hydrogens is 360 g/mol. The van der Waals surface area contributed by atoms with Gasteiger partial charge in [0, 0.05) is 17.2 Å². The van der Waals surface area contributed by atoms with Gasteiger partial charge >= 0.3 is 0 Å². The van der Waals surface area contributed by atoms with Gasteiger partial charge in [0.2, 0.25) is 0 Å². The van der Waals surface area contributed by atoms with Crippen molar-refractivity contribution >= 4 is 33.3 Å². The van der Waals surface area contributed by atoms with Crippen LogP contribution in [0.2, 0.25) is 0 Å². The van der Waals surface area contributed by atoms with E-state index in [1.165, 1.54) is 21.6 Å². The zero-order chi connectivity index (χ0) is 18.3. The molecular formula is C21H22N2OS2. The smallest absolute Gasteiger partial charge is 0.263 e. The minimum atomic E-state index is 0.0912. The van der Waals surface area contributed by atoms with E-state index in [1.54, 1.807) is 23.1 Å². The van der Waals surface area contributed by atoms with Crippen molar-refractivity contribution in [3.63, 3.8) is 0 Å². The van der Waals surface area contributed by atoms with E-state index in [9.17, 15) is 4.79 Å². The monoisotopic (exact) mass is 382 g/mol. The number of aryl methyl sites for hydroxylation is 2. The first-order chi connectivity index (χ1) is 12.6. The molecule has 3 nitrogen and oxygen atoms in total. The second-order valence-corrected chi connectivity index (χ2v) is 8.90. The predicted molar refractivity (Wildman–Crippen MR) is 113 cm³/mol. The quantitative estimate of drug-likeness (QED) is 0.341. The lowest BCUT2D eigenvalue weighted by molar-refractivity contribution is 0.651. The van der Waals surface area contributed by atoms with Crippen LogP contribution < -0.4 is 5.56 Å². The average molecular weight is 383 g/mol. The van der Waals surface area contributed by atoms with E-state index < -0.39 is 0 Å². The third-order valence-electron chi connectivity index (χ3n) is 4.65. The van der Waals surface area contributed by atoms with Gasteiger partial charge in [0.05, 0.1) is 5.39 Å². The minimum absolute atomic E-state index is 0.0912. The summed E-state index contributed by atoms with van der Waals surface area (Å²) in [6.45, 7) is 8.65. The molecule has 0 fully saturated rings. The summed E-state index contributed by atoms with van der Waals surface area (Å²) >= 11 is 3.34. The number of hydrogen-bond acceptors (Lipinski definition) is 4. The maximum absolute atomic E-state index is 13.4. The Morgan fingerprint density at radius 1 is 1.35 bits per heavy atom. The number of hydrogen-bond donors (Lipinski definition) is 0. The van der Waals surface area contributed by atoms with Crippen molar-refractivity contribution in [3.05, 3.63) is 57.9 Å². The number of aromatic nitrogens is 2. The Bertz CT molecular complexity index is 1060. The molecule has 0 spiro atoms. The summed E-state index contributed by atoms with van der Waals surface area (Å²) in [5, 5.41) is 1.64. The Labute approximate surface area is 161 Å². The van der Waals surface area contributed by atoms with E-state index in [0.29, 0.717) is 6.54 Å². The van der Waals surface area contributed by atoms with E-state index in [1.807, 2.05) is 11.5 Å². The highest BCUT2D eigenvalue weighted by Crippen LogP contribution is 2.42. The molecule has 0 saturated carbocycles. The summed E-state index contributed by atoms with van der Waals surface area (Å²) in [7, 11) is 0. The van der Waals surface area contributed by atoms with Gasteiger partial charge in [-0.25, -0.2) is 4.98 Å². The van der Waals surface area contributed by atoms with E-state index in [2.05, 4.69) is 37.8 Å². The lowest BCUT2D eigenvalue weighted by Crippen LogP contribution is -2.24. The molecule has 3 aromatic rings. The van der Waals surface area contributed by atoms with Gasteiger partial charge < -0.3 is 0 Å². The largest absolute Gasteiger partial charge is 0.283 e. The van der Waals surface area contributed by atoms with Gasteiger partial charge in [-0.1, -0.05) is 55.1 Å². The number of allylic oxidation sites excluding steroid dienone is 1. The average Bonchev–Trinajstić information content (AvgIpc) is 3.01. The zero-order valence-corrected chi connectivity index (χ0v) is 16.8. The van der Waals surface area contributed by atoms with E-state index >= 15 is 0 Å². The van der Waals surface area contributed by atoms with E-state index in [0.717, 1.165) is 46.0 Å². The Morgan fingerprint density at radius 2 is 2.15 bits per heavy atom. The summed E-state index contributed by atoms with van der Waals surface area (Å²) < 4.78 is 1.82. The van der Waals surface area contributed by atoms with Crippen molar-refractivity contribution < 1.29 is 0 Å². The fraction of sp³-hybridized carbons (Fsp3) is 0.333. The number of nitrogens with zero attached hydrogens (tertiary/aromatic N) is 2. The van der Waals surface area contributed by atoms with Crippen molar-refractivity contribution in [3.8, 4) is 10.4 Å². The van der Waals surface area contributed by atoms with Crippen LogP contribution in [0, 0.1) is 0 Å². The SMILES string of the molecule is C=C(C)Cn1c(SCCC)nc2sc3c(c2c1=O)CCc1ccccc1-3. The molecule has 26 heavy (non-hydrogen) atoms. The van der Waals surface area contributed by atoms with Gasteiger partial charge in [0.25, 0.3) is 5.56 Å². The highest BCUT2D eigenvalue weighted by molar-refractivity contribution is 7.99. The molecule has 2 heterocycles. The van der Waals surface area contributed by atoms with Crippen LogP contribution in [-0.4, -0.2) is 15.3 Å². The third-order valence-corrected chi connectivity index (χ3v) is 6.99. The van der Waals surface area contributed by atoms with Crippen LogP contribution in [0.4, 0.5) is 0 Å². The number of thioether (sulfide) groups is 1. The van der Waals surface area contributed by atoms with Crippen LogP contribution in [0.3, 0.4) is 0 Å². The molecule has 1 aromatic carbocycles. The molecule has 0 unspecified atom stereocenters. The second kappa shape index (κ2) is 7.05. The van der Waals surface area contributed by atoms with Crippen LogP contribution in [0.15, 0.2) is 46.4 Å². The molecule has 0 aliphatic heterocycles. The lowest BCUT2D eigenvalue weighted by Gasteiger charge is -2.16. The van der Waals surface area contributed by atoms with Crippen LogP contribution in [0.25, 0.3) is 20.7 Å². The van der Waals surface area contributed by atoms with Crippen LogP contribution in [-0.2, 0) is 19.4 Å². The first kappa shape index (κ1) is 17.6. The van der Waals surface area contributed by atoms with Gasteiger partial charge in [-0.3, -0.25) is 9.36 Å². The molecule has 4 rings (SSSR count). The van der Waals surface area contributed by atoms with Crippen LogP contribution >= 0.6 is 23.1 Å². The summed E-state index contributed by atoms with van der Waals surface area (Å²) in [6.07, 6.45) is 2.96. The molecule has 0 N–H and O–H groups in total. The highest BCUT2D eigenvalue weighted by atomic mass is 32.2. The Kier molecular flexibility index (Phi) is 4.76. The Hall–Kier alpha value is -1.85. The van der Waals surface area contributed by atoms with Gasteiger partial charge in [-0.15, -0.1) is 11.3 Å². The maximum Gasteiger partial charge on any atom is 0.263 e. The summed E-state index contributed by atoms with van der Waals surface area (Å²) in [6, 6.07) is 8.53. The molecule has 5 heteroatoms. The maximum atomic E-state index is 13.4. The predicted octanol–water partition coefficient (Wildman–Crippen LogP) is 5.30. The van der Waals surface area contributed by atoms with E-state index in [4.69, 9.17) is 4.98 Å². The highest BCUT2D eigenvalue weighted by Gasteiger charge is 2.25. The molecule has 1 aliphatic carbocycles. The van der Waals surface area contributed by atoms with Gasteiger partial charge in [0.15, 0.2) is 5.16 Å². The van der Waals surface area contributed by atoms with Crippen LogP contribution in [0.1, 0.15) is 31.4 Å². The molecule has 0 atom stereocenters. The topological polar surface area (TPSA) is 34.9 Å². The number of fused-ring (bicyclic) bond motifs is 5. The second-order valence-electron chi connectivity index (χ2n) is 6.84. The fourth-order valence-corrected chi connectivity index (χ4v) is 5.69. The fourth-order valence-electron chi connectivity index (χ4n) is 3.51. The van der Waals surface area contributed by atoms with Gasteiger partial charge in [0.1, 0.15) is 4.83 Å². The minimum Gasteiger partial charge on any atom is -0.283 e. The van der Waals surface area contributed by atoms with Crippen molar-refractivity contribution in [1.29, 1.82) is 0 Å². The molecule has 0 bridgehead atoms. The Balaban J connectivity index is 1.97. The molecule has 0 radical (unpaired) electrons. The molecule has 134 valence electrons. The molecule has 0 saturated heterocycles. The summed E-state index contributed by atoms with van der Waals surface area (Å²) in [5.74, 6) is 0.960. The Morgan fingerprint density at radius 3 is 2.92 bits per heavy atom. The standard InChI is InChI=1S/C21H22N2OS2/c1-4-11-25-21-22-19-17(20(24)23(21)12-13(2)3)16-10-9-14-7-5-6-8-15(14)18(16)26-19/h5-8H,2,4,9-12H2,1,3H3. The van der Waals surface area contributed by atoms with Crippen molar-refractivity contribution in [2.45, 2.75) is 44.8 Å². The molecule has 1 aliphatic rings. The first-order valence-electron chi connectivity index (χ1n) is 9.01. The van der Waals surface area contributed by atoms with Crippen molar-refractivity contribution in [2.24, 2.45) is 0 Å². The third kappa shape index (κ3) is 2.93. The summed E-state index contributed by atoms with van der Waals surface area (Å²) in [4.78, 5) is 20.4. The zero-order valence-electron chi connectivity index (χ0n) is 15.2. The van der Waals surface area contributed by atoms with Gasteiger partial charge in [-0.05, 0) is 42.9 Å². The van der Waals surface area contributed by atoms with Crippen molar-refractivity contribution in [2.75, 3.05) is 5.75 Å². The molecule has 0 amide bonds. The van der Waals surface area contributed by atoms with Crippen LogP contribution in [0.5, 0.6) is 0 Å². The normalized spacial score (nSPS) is 12.8. The molecule has 2 aromatic heterocycles. The van der Waals surface area contributed by atoms with Crippen molar-refractivity contribution in [1.82, 2.24) is 9.55 Å². The first-order valence-corrected chi connectivity index (χ1v) is 10.8. The summed E-state index contributed by atoms with van der Waals surface area (Å²) in [5.41, 5.74) is 4.89. The van der Waals surface area contributed by atoms with Gasteiger partial charge in [-0.2, -0.15) is 0 Å². The number of rotatable bonds is 5. The van der Waals surface area contributed by atoms with E-state index in [-0.39, 0.29) is 5.56 Å². The number of thiophene rings is 1.